The van der Waals surface area contributed by atoms with Crippen molar-refractivity contribution in [3.8, 4) is 0 Å². The fourth-order valence-corrected chi connectivity index (χ4v) is 2.14. The molecular weight excluding hydrogens is 268 g/mol. The van der Waals surface area contributed by atoms with Gasteiger partial charge in [-0.25, -0.2) is 13.6 Å². The molecule has 1 amide bonds. The van der Waals surface area contributed by atoms with Gasteiger partial charge in [-0.05, 0) is 37.6 Å². The van der Waals surface area contributed by atoms with Crippen molar-refractivity contribution in [2.45, 2.75) is 18.7 Å². The number of sulfonamides is 1. The van der Waals surface area contributed by atoms with Crippen LogP contribution in [0.1, 0.15) is 22.8 Å². The number of rotatable bonds is 6. The van der Waals surface area contributed by atoms with E-state index < -0.39 is 10.0 Å². The number of nitrogens with two attached hydrogens (primary N) is 1. The van der Waals surface area contributed by atoms with E-state index in [0.717, 1.165) is 0 Å². The Kier molecular flexibility index (Phi) is 5.46. The van der Waals surface area contributed by atoms with Crippen LogP contribution in [-0.4, -0.2) is 34.1 Å². The lowest BCUT2D eigenvalue weighted by molar-refractivity contribution is 0.0922. The number of hydrogen-bond acceptors (Lipinski definition) is 4. The summed E-state index contributed by atoms with van der Waals surface area (Å²) in [5.41, 5.74) is 0.976. The molecule has 0 heterocycles. The van der Waals surface area contributed by atoms with E-state index in [0.29, 0.717) is 30.9 Å². The Bertz CT molecular complexity index is 555. The second kappa shape index (κ2) is 6.65. The molecule has 0 saturated heterocycles. The Labute approximate surface area is 113 Å². The summed E-state index contributed by atoms with van der Waals surface area (Å²) in [6.07, 6.45) is 0. The fourth-order valence-electron chi connectivity index (χ4n) is 1.54. The summed E-state index contributed by atoms with van der Waals surface area (Å²) in [7, 11) is -3.74. The minimum absolute atomic E-state index is 0.00383. The normalized spacial score (nSPS) is 11.3. The summed E-state index contributed by atoms with van der Waals surface area (Å²) in [6, 6.07) is 4.15. The highest BCUT2D eigenvalue weighted by Crippen LogP contribution is 2.14. The van der Waals surface area contributed by atoms with Crippen molar-refractivity contribution in [3.63, 3.8) is 0 Å². The van der Waals surface area contributed by atoms with Gasteiger partial charge >= 0.3 is 0 Å². The molecular formula is C12H18N2O4S. The number of nitrogens with one attached hydrogen (secondary N) is 1. The van der Waals surface area contributed by atoms with E-state index in [1.54, 1.807) is 6.92 Å². The molecule has 1 rings (SSSR count). The van der Waals surface area contributed by atoms with Gasteiger partial charge in [-0.3, -0.25) is 4.79 Å². The molecule has 1 aromatic carbocycles. The van der Waals surface area contributed by atoms with Crippen LogP contribution >= 0.6 is 0 Å². The summed E-state index contributed by atoms with van der Waals surface area (Å²) in [4.78, 5) is 11.8. The molecule has 0 radical (unpaired) electrons. The van der Waals surface area contributed by atoms with E-state index >= 15 is 0 Å². The van der Waals surface area contributed by atoms with E-state index in [-0.39, 0.29) is 10.8 Å². The molecule has 0 aliphatic heterocycles. The predicted molar refractivity (Wildman–Crippen MR) is 71.4 cm³/mol. The summed E-state index contributed by atoms with van der Waals surface area (Å²) < 4.78 is 27.4. The molecule has 0 fully saturated rings. The summed E-state index contributed by atoms with van der Waals surface area (Å²) in [5.74, 6) is -0.266. The van der Waals surface area contributed by atoms with Crippen molar-refractivity contribution in [1.82, 2.24) is 5.32 Å². The van der Waals surface area contributed by atoms with E-state index in [4.69, 9.17) is 9.88 Å². The van der Waals surface area contributed by atoms with E-state index in [1.165, 1.54) is 18.2 Å². The maximum Gasteiger partial charge on any atom is 0.251 e. The Morgan fingerprint density at radius 2 is 2.11 bits per heavy atom. The zero-order chi connectivity index (χ0) is 14.5. The van der Waals surface area contributed by atoms with Crippen molar-refractivity contribution < 1.29 is 17.9 Å². The number of hydrogen-bond donors (Lipinski definition) is 2. The molecule has 0 unspecified atom stereocenters. The van der Waals surface area contributed by atoms with E-state index in [2.05, 4.69) is 5.32 Å². The molecule has 0 bridgehead atoms. The number of amides is 1. The highest BCUT2D eigenvalue weighted by atomic mass is 32.2. The topological polar surface area (TPSA) is 98.5 Å². The minimum Gasteiger partial charge on any atom is -0.380 e. The molecule has 0 saturated carbocycles. The number of primary sulfonamides is 1. The Hall–Kier alpha value is -1.44. The second-order valence-corrected chi connectivity index (χ2v) is 5.54. The molecule has 1 aromatic rings. The summed E-state index contributed by atoms with van der Waals surface area (Å²) in [5, 5.41) is 7.71. The smallest absolute Gasteiger partial charge is 0.251 e. The molecule has 19 heavy (non-hydrogen) atoms. The van der Waals surface area contributed by atoms with Crippen LogP contribution in [0.15, 0.2) is 23.1 Å². The van der Waals surface area contributed by atoms with Gasteiger partial charge in [0.2, 0.25) is 10.0 Å². The van der Waals surface area contributed by atoms with Crippen molar-refractivity contribution >= 4 is 15.9 Å². The van der Waals surface area contributed by atoms with Crippen LogP contribution in [0.2, 0.25) is 0 Å². The van der Waals surface area contributed by atoms with Crippen molar-refractivity contribution in [2.75, 3.05) is 19.8 Å². The van der Waals surface area contributed by atoms with Gasteiger partial charge in [0.1, 0.15) is 0 Å². The second-order valence-electron chi connectivity index (χ2n) is 3.97. The van der Waals surface area contributed by atoms with Crippen molar-refractivity contribution in [2.24, 2.45) is 5.14 Å². The van der Waals surface area contributed by atoms with Crippen LogP contribution in [0.3, 0.4) is 0 Å². The number of carbonyl (C=O) groups is 1. The van der Waals surface area contributed by atoms with E-state index in [9.17, 15) is 13.2 Å². The first-order valence-electron chi connectivity index (χ1n) is 5.85. The average molecular weight is 286 g/mol. The first-order valence-corrected chi connectivity index (χ1v) is 7.40. The Morgan fingerprint density at radius 3 is 2.63 bits per heavy atom. The maximum absolute atomic E-state index is 11.8. The van der Waals surface area contributed by atoms with Gasteiger partial charge < -0.3 is 10.1 Å². The molecule has 0 atom stereocenters. The zero-order valence-electron chi connectivity index (χ0n) is 11.0. The SMILES string of the molecule is CCOCCNC(=O)c1ccc(S(N)(=O)=O)cc1C. The molecule has 7 heteroatoms. The van der Waals surface area contributed by atoms with Gasteiger partial charge in [0.05, 0.1) is 11.5 Å². The van der Waals surface area contributed by atoms with Crippen LogP contribution in [0.4, 0.5) is 0 Å². The quantitative estimate of drug-likeness (QED) is 0.740. The first-order chi connectivity index (χ1) is 8.86. The van der Waals surface area contributed by atoms with Crippen LogP contribution < -0.4 is 10.5 Å². The molecule has 3 N–H and O–H groups in total. The summed E-state index contributed by atoms with van der Waals surface area (Å²) in [6.45, 7) is 4.97. The molecule has 0 aliphatic carbocycles. The van der Waals surface area contributed by atoms with Gasteiger partial charge in [0, 0.05) is 18.7 Å². The van der Waals surface area contributed by atoms with Crippen molar-refractivity contribution in [1.29, 1.82) is 0 Å². The molecule has 0 spiro atoms. The third-order valence-corrected chi connectivity index (χ3v) is 3.42. The Balaban J connectivity index is 2.77. The monoisotopic (exact) mass is 286 g/mol. The van der Waals surface area contributed by atoms with Gasteiger partial charge in [0.15, 0.2) is 0 Å². The van der Waals surface area contributed by atoms with Crippen LogP contribution in [-0.2, 0) is 14.8 Å². The average Bonchev–Trinajstić information content (AvgIpc) is 2.33. The van der Waals surface area contributed by atoms with Gasteiger partial charge in [-0.2, -0.15) is 0 Å². The van der Waals surface area contributed by atoms with Crippen molar-refractivity contribution in [3.05, 3.63) is 29.3 Å². The lowest BCUT2D eigenvalue weighted by atomic mass is 10.1. The van der Waals surface area contributed by atoms with Gasteiger partial charge in [-0.15, -0.1) is 0 Å². The van der Waals surface area contributed by atoms with Gasteiger partial charge in [-0.1, -0.05) is 0 Å². The van der Waals surface area contributed by atoms with Crippen LogP contribution in [0.25, 0.3) is 0 Å². The number of ether oxygens (including phenoxy) is 1. The molecule has 106 valence electrons. The Morgan fingerprint density at radius 1 is 1.42 bits per heavy atom. The maximum atomic E-state index is 11.8. The predicted octanol–water partition coefficient (Wildman–Crippen LogP) is 0.409. The van der Waals surface area contributed by atoms with Crippen LogP contribution in [0.5, 0.6) is 0 Å². The van der Waals surface area contributed by atoms with Crippen LogP contribution in [0, 0.1) is 6.92 Å². The lowest BCUT2D eigenvalue weighted by Crippen LogP contribution is -2.28. The number of aryl methyl sites for hydroxylation is 1. The highest BCUT2D eigenvalue weighted by Gasteiger charge is 2.13. The highest BCUT2D eigenvalue weighted by molar-refractivity contribution is 7.89. The number of benzene rings is 1. The molecule has 0 aromatic heterocycles. The fraction of sp³-hybridized carbons (Fsp3) is 0.417. The molecule has 6 nitrogen and oxygen atoms in total. The van der Waals surface area contributed by atoms with Gasteiger partial charge in [0.25, 0.3) is 5.91 Å². The van der Waals surface area contributed by atoms with E-state index in [1.807, 2.05) is 6.92 Å². The lowest BCUT2D eigenvalue weighted by Gasteiger charge is -2.09. The molecule has 0 aliphatic rings. The summed E-state index contributed by atoms with van der Waals surface area (Å²) >= 11 is 0. The first kappa shape index (κ1) is 15.6. The minimum atomic E-state index is -3.74. The third kappa shape index (κ3) is 4.62. The third-order valence-electron chi connectivity index (χ3n) is 2.51. The number of carbonyl (C=O) groups excluding carboxylic acids is 1. The zero-order valence-corrected chi connectivity index (χ0v) is 11.8. The largest absolute Gasteiger partial charge is 0.380 e. The standard InChI is InChI=1S/C12H18N2O4S/c1-3-18-7-6-14-12(15)11-5-4-10(8-9(11)2)19(13,16)17/h4-5,8H,3,6-7H2,1-2H3,(H,14,15)(H2,13,16,17).